The van der Waals surface area contributed by atoms with Crippen LogP contribution in [0.3, 0.4) is 0 Å². The fourth-order valence-electron chi connectivity index (χ4n) is 1.56. The third-order valence-corrected chi connectivity index (χ3v) is 2.53. The lowest BCUT2D eigenvalue weighted by Crippen LogP contribution is -2.17. The molecular weight excluding hydrogens is 243 g/mol. The second-order valence-electron chi connectivity index (χ2n) is 4.43. The van der Waals surface area contributed by atoms with Gasteiger partial charge in [0.2, 0.25) is 0 Å². The van der Waals surface area contributed by atoms with Crippen LogP contribution in [0.25, 0.3) is 0 Å². The molecule has 0 radical (unpaired) electrons. The highest BCUT2D eigenvalue weighted by molar-refractivity contribution is 5.80. The van der Waals surface area contributed by atoms with E-state index in [1.807, 2.05) is 0 Å². The summed E-state index contributed by atoms with van der Waals surface area (Å²) in [4.78, 5) is 11.5. The molecule has 0 fully saturated rings. The Morgan fingerprint density at radius 3 is 2.61 bits per heavy atom. The molecule has 18 heavy (non-hydrogen) atoms. The smallest absolute Gasteiger partial charge is 0.328 e. The number of alkyl halides is 3. The molecule has 0 saturated carbocycles. The molecule has 0 aliphatic rings. The number of hydrogen-bond acceptors (Lipinski definition) is 2. The first-order valence-electron chi connectivity index (χ1n) is 5.72. The zero-order valence-corrected chi connectivity index (χ0v) is 10.1. The number of Topliss-reactive ketones (excluding diaryl/α,β-unsaturated/α-hetero) is 1. The van der Waals surface area contributed by atoms with Crippen molar-refractivity contribution in [1.29, 1.82) is 0 Å². The predicted octanol–water partition coefficient (Wildman–Crippen LogP) is 2.94. The Labute approximate surface area is 104 Å². The topological polar surface area (TPSA) is 43.1 Å². The Bertz CT molecular complexity index is 413. The van der Waals surface area contributed by atoms with E-state index in [4.69, 9.17) is 5.73 Å². The van der Waals surface area contributed by atoms with Crippen molar-refractivity contribution in [3.8, 4) is 0 Å². The molecule has 0 bridgehead atoms. The molecule has 1 rings (SSSR count). The normalized spacial score (nSPS) is 13.4. The van der Waals surface area contributed by atoms with Crippen molar-refractivity contribution in [2.45, 2.75) is 38.4 Å². The first kappa shape index (κ1) is 14.7. The van der Waals surface area contributed by atoms with Crippen LogP contribution < -0.4 is 5.73 Å². The van der Waals surface area contributed by atoms with Crippen LogP contribution in [-0.4, -0.2) is 11.8 Å². The summed E-state index contributed by atoms with van der Waals surface area (Å²) in [6, 6.07) is 4.78. The molecule has 1 atom stereocenters. The number of carbonyl (C=O) groups is 1. The molecule has 1 aromatic carbocycles. The molecule has 0 saturated heterocycles. The predicted molar refractivity (Wildman–Crippen MR) is 63.0 cm³/mol. The Balaban J connectivity index is 2.65. The summed E-state index contributed by atoms with van der Waals surface area (Å²) >= 11 is 0. The van der Waals surface area contributed by atoms with Crippen LogP contribution >= 0.6 is 0 Å². The van der Waals surface area contributed by atoms with Crippen LogP contribution in [-0.2, 0) is 17.4 Å². The third-order valence-electron chi connectivity index (χ3n) is 2.53. The molecule has 0 aliphatic heterocycles. The van der Waals surface area contributed by atoms with Crippen LogP contribution in [0, 0.1) is 0 Å². The van der Waals surface area contributed by atoms with Gasteiger partial charge in [0.05, 0.1) is 5.56 Å². The second kappa shape index (κ2) is 6.00. The van der Waals surface area contributed by atoms with Crippen LogP contribution in [0.2, 0.25) is 0 Å². The third kappa shape index (κ3) is 4.87. The van der Waals surface area contributed by atoms with Gasteiger partial charge in [-0.25, -0.2) is 0 Å². The van der Waals surface area contributed by atoms with E-state index in [2.05, 4.69) is 0 Å². The summed E-state index contributed by atoms with van der Waals surface area (Å²) in [5, 5.41) is 0. The number of carbonyl (C=O) groups excluding carboxylic acids is 1. The average molecular weight is 259 g/mol. The maximum absolute atomic E-state index is 12.5. The lowest BCUT2D eigenvalue weighted by molar-refractivity contribution is -0.137. The van der Waals surface area contributed by atoms with Gasteiger partial charge in [-0.3, -0.25) is 4.79 Å². The maximum Gasteiger partial charge on any atom is 0.416 e. The summed E-state index contributed by atoms with van der Waals surface area (Å²) in [7, 11) is 0. The van der Waals surface area contributed by atoms with Gasteiger partial charge in [-0.1, -0.05) is 18.2 Å². The molecule has 0 aliphatic carbocycles. The molecule has 1 unspecified atom stereocenters. The molecule has 0 heterocycles. The number of benzene rings is 1. The van der Waals surface area contributed by atoms with E-state index in [0.29, 0.717) is 18.4 Å². The monoisotopic (exact) mass is 259 g/mol. The molecule has 100 valence electrons. The molecule has 5 heteroatoms. The lowest BCUT2D eigenvalue weighted by Gasteiger charge is -2.08. The minimum Gasteiger partial charge on any atom is -0.328 e. The van der Waals surface area contributed by atoms with Crippen LogP contribution in [0.4, 0.5) is 13.2 Å². The number of nitrogens with two attached hydrogens (primary N) is 1. The van der Waals surface area contributed by atoms with E-state index >= 15 is 0 Å². The van der Waals surface area contributed by atoms with Gasteiger partial charge in [-0.15, -0.1) is 0 Å². The molecule has 2 nitrogen and oxygen atoms in total. The summed E-state index contributed by atoms with van der Waals surface area (Å²) in [6.45, 7) is 1.79. The molecule has 1 aromatic rings. The number of rotatable bonds is 5. The molecule has 2 N–H and O–H groups in total. The Morgan fingerprint density at radius 2 is 2.06 bits per heavy atom. The van der Waals surface area contributed by atoms with Crippen LogP contribution in [0.5, 0.6) is 0 Å². The van der Waals surface area contributed by atoms with E-state index in [1.54, 1.807) is 6.92 Å². The van der Waals surface area contributed by atoms with Crippen LogP contribution in [0.1, 0.15) is 30.9 Å². The SMILES string of the molecule is CC(N)CCC(=O)Cc1cccc(C(F)(F)F)c1. The van der Waals surface area contributed by atoms with Gasteiger partial charge in [0.15, 0.2) is 0 Å². The highest BCUT2D eigenvalue weighted by Crippen LogP contribution is 2.29. The number of halogens is 3. The van der Waals surface area contributed by atoms with Gasteiger partial charge in [0, 0.05) is 18.9 Å². The van der Waals surface area contributed by atoms with E-state index in [-0.39, 0.29) is 18.2 Å². The highest BCUT2D eigenvalue weighted by atomic mass is 19.4. The largest absolute Gasteiger partial charge is 0.416 e. The van der Waals surface area contributed by atoms with Gasteiger partial charge in [-0.05, 0) is 25.0 Å². The van der Waals surface area contributed by atoms with Gasteiger partial charge >= 0.3 is 6.18 Å². The van der Waals surface area contributed by atoms with Gasteiger partial charge < -0.3 is 5.73 Å². The first-order valence-corrected chi connectivity index (χ1v) is 5.72. The minimum atomic E-state index is -4.37. The molecular formula is C13H16F3NO. The fourth-order valence-corrected chi connectivity index (χ4v) is 1.56. The maximum atomic E-state index is 12.5. The zero-order chi connectivity index (χ0) is 13.8. The second-order valence-corrected chi connectivity index (χ2v) is 4.43. The van der Waals surface area contributed by atoms with E-state index in [0.717, 1.165) is 12.1 Å². The summed E-state index contributed by atoms with van der Waals surface area (Å²) < 4.78 is 37.4. The summed E-state index contributed by atoms with van der Waals surface area (Å²) in [6.07, 6.45) is -3.49. The molecule has 0 amide bonds. The lowest BCUT2D eigenvalue weighted by atomic mass is 10.0. The van der Waals surface area contributed by atoms with Crippen molar-refractivity contribution in [2.75, 3.05) is 0 Å². The van der Waals surface area contributed by atoms with Crippen molar-refractivity contribution in [3.63, 3.8) is 0 Å². The quantitative estimate of drug-likeness (QED) is 0.883. The Kier molecular flexibility index (Phi) is 4.90. The number of ketones is 1. The molecule has 0 spiro atoms. The van der Waals surface area contributed by atoms with Gasteiger partial charge in [-0.2, -0.15) is 13.2 Å². The van der Waals surface area contributed by atoms with Crippen LogP contribution in [0.15, 0.2) is 24.3 Å². The molecule has 0 aromatic heterocycles. The zero-order valence-electron chi connectivity index (χ0n) is 10.1. The minimum absolute atomic E-state index is 0.0244. The standard InChI is InChI=1S/C13H16F3NO/c1-9(17)5-6-12(18)8-10-3-2-4-11(7-10)13(14,15)16/h2-4,7,9H,5-6,8,17H2,1H3. The van der Waals surface area contributed by atoms with Crippen molar-refractivity contribution in [3.05, 3.63) is 35.4 Å². The van der Waals surface area contributed by atoms with Crippen molar-refractivity contribution in [1.82, 2.24) is 0 Å². The van der Waals surface area contributed by atoms with Crippen molar-refractivity contribution in [2.24, 2.45) is 5.73 Å². The van der Waals surface area contributed by atoms with E-state index in [9.17, 15) is 18.0 Å². The Hall–Kier alpha value is -1.36. The number of hydrogen-bond donors (Lipinski definition) is 1. The Morgan fingerprint density at radius 1 is 1.39 bits per heavy atom. The van der Waals surface area contributed by atoms with E-state index in [1.165, 1.54) is 12.1 Å². The summed E-state index contributed by atoms with van der Waals surface area (Å²) in [5.41, 5.74) is 5.18. The summed E-state index contributed by atoms with van der Waals surface area (Å²) in [5.74, 6) is -0.0911. The fraction of sp³-hybridized carbons (Fsp3) is 0.462. The van der Waals surface area contributed by atoms with Crippen molar-refractivity contribution < 1.29 is 18.0 Å². The highest BCUT2D eigenvalue weighted by Gasteiger charge is 2.30. The first-order chi connectivity index (χ1) is 8.29. The van der Waals surface area contributed by atoms with Gasteiger partial charge in [0.25, 0.3) is 0 Å². The van der Waals surface area contributed by atoms with Gasteiger partial charge in [0.1, 0.15) is 5.78 Å². The van der Waals surface area contributed by atoms with Crippen molar-refractivity contribution >= 4 is 5.78 Å². The van der Waals surface area contributed by atoms with E-state index < -0.39 is 11.7 Å². The average Bonchev–Trinajstić information content (AvgIpc) is 2.25.